The smallest absolute Gasteiger partial charge is 0.393 e. The highest BCUT2D eigenvalue weighted by atomic mass is 19.4. The van der Waals surface area contributed by atoms with Crippen molar-refractivity contribution in [3.8, 4) is 0 Å². The van der Waals surface area contributed by atoms with Crippen molar-refractivity contribution in [2.45, 2.75) is 32.0 Å². The van der Waals surface area contributed by atoms with E-state index in [4.69, 9.17) is 5.11 Å². The van der Waals surface area contributed by atoms with Gasteiger partial charge in [-0.2, -0.15) is 13.2 Å². The molecule has 1 heterocycles. The number of hydrogen-bond donors (Lipinski definition) is 1. The quantitative estimate of drug-likeness (QED) is 0.778. The van der Waals surface area contributed by atoms with Crippen LogP contribution in [0.1, 0.15) is 20.3 Å². The monoisotopic (exact) mass is 225 g/mol. The lowest BCUT2D eigenvalue weighted by Crippen LogP contribution is -2.48. The Morgan fingerprint density at radius 3 is 2.40 bits per heavy atom. The number of carboxylic acid groups (broad SMARTS) is 1. The second-order valence-electron chi connectivity index (χ2n) is 4.35. The second kappa shape index (κ2) is 3.66. The van der Waals surface area contributed by atoms with Crippen molar-refractivity contribution in [3.63, 3.8) is 0 Å². The fourth-order valence-electron chi connectivity index (χ4n) is 2.16. The molecule has 1 atom stereocenters. The summed E-state index contributed by atoms with van der Waals surface area (Å²) in [6, 6.07) is 0. The fraction of sp³-hybridized carbons (Fsp3) is 0.889. The number of alkyl halides is 3. The van der Waals surface area contributed by atoms with Gasteiger partial charge in [0, 0.05) is 5.54 Å². The van der Waals surface area contributed by atoms with E-state index in [1.165, 1.54) is 18.7 Å². The lowest BCUT2D eigenvalue weighted by molar-refractivity contribution is -0.192. The van der Waals surface area contributed by atoms with E-state index in [1.807, 2.05) is 0 Å². The average molecular weight is 225 g/mol. The maximum atomic E-state index is 12.6. The first-order valence-corrected chi connectivity index (χ1v) is 4.69. The molecule has 1 aliphatic heterocycles. The van der Waals surface area contributed by atoms with E-state index in [-0.39, 0.29) is 19.5 Å². The van der Waals surface area contributed by atoms with E-state index in [2.05, 4.69) is 0 Å². The Bertz CT molecular complexity index is 263. The molecule has 1 rings (SSSR count). The highest BCUT2D eigenvalue weighted by Gasteiger charge is 2.54. The first-order chi connectivity index (χ1) is 6.65. The maximum Gasteiger partial charge on any atom is 0.393 e. The molecular weight excluding hydrogens is 211 g/mol. The molecule has 88 valence electrons. The van der Waals surface area contributed by atoms with Crippen LogP contribution in [0, 0.1) is 5.92 Å². The van der Waals surface area contributed by atoms with Crippen LogP contribution >= 0.6 is 0 Å². The number of rotatable bonds is 2. The molecule has 6 heteroatoms. The minimum atomic E-state index is -4.25. The number of hydrogen-bond acceptors (Lipinski definition) is 2. The third kappa shape index (κ3) is 2.42. The SMILES string of the molecule is CC1(C)C(C(F)(F)F)CCN1CC(=O)O. The molecule has 1 N–H and O–H groups in total. The van der Waals surface area contributed by atoms with E-state index < -0.39 is 23.6 Å². The topological polar surface area (TPSA) is 40.5 Å². The van der Waals surface area contributed by atoms with Crippen molar-refractivity contribution in [2.75, 3.05) is 13.1 Å². The predicted octanol–water partition coefficient (Wildman–Crippen LogP) is 1.73. The summed E-state index contributed by atoms with van der Waals surface area (Å²) in [7, 11) is 0. The van der Waals surface area contributed by atoms with E-state index in [9.17, 15) is 18.0 Å². The Morgan fingerprint density at radius 2 is 2.07 bits per heavy atom. The fourth-order valence-corrected chi connectivity index (χ4v) is 2.16. The summed E-state index contributed by atoms with van der Waals surface area (Å²) in [6.45, 7) is 2.74. The van der Waals surface area contributed by atoms with E-state index in [1.54, 1.807) is 0 Å². The van der Waals surface area contributed by atoms with E-state index in [0.29, 0.717) is 0 Å². The minimum absolute atomic E-state index is 0.0240. The molecule has 3 nitrogen and oxygen atoms in total. The highest BCUT2D eigenvalue weighted by molar-refractivity contribution is 5.69. The number of nitrogens with zero attached hydrogens (tertiary/aromatic N) is 1. The molecule has 1 saturated heterocycles. The van der Waals surface area contributed by atoms with Gasteiger partial charge in [-0.05, 0) is 26.8 Å². The van der Waals surface area contributed by atoms with Crippen LogP contribution in [0.3, 0.4) is 0 Å². The lowest BCUT2D eigenvalue weighted by Gasteiger charge is -2.35. The van der Waals surface area contributed by atoms with Crippen LogP contribution in [0.4, 0.5) is 13.2 Å². The first kappa shape index (κ1) is 12.3. The summed E-state index contributed by atoms with van der Waals surface area (Å²) in [6.07, 6.45) is -4.28. The zero-order valence-electron chi connectivity index (χ0n) is 8.64. The van der Waals surface area contributed by atoms with Gasteiger partial charge < -0.3 is 5.11 Å². The number of halogens is 3. The molecule has 0 radical (unpaired) electrons. The van der Waals surface area contributed by atoms with Gasteiger partial charge in [-0.3, -0.25) is 9.69 Å². The van der Waals surface area contributed by atoms with Crippen molar-refractivity contribution in [1.29, 1.82) is 0 Å². The summed E-state index contributed by atoms with van der Waals surface area (Å²) in [5.74, 6) is -2.53. The average Bonchev–Trinajstić information content (AvgIpc) is 2.24. The summed E-state index contributed by atoms with van der Waals surface area (Å²) >= 11 is 0. The molecule has 1 aliphatic rings. The second-order valence-corrected chi connectivity index (χ2v) is 4.35. The van der Waals surface area contributed by atoms with Crippen LogP contribution in [0.25, 0.3) is 0 Å². The molecule has 0 saturated carbocycles. The van der Waals surface area contributed by atoms with Crippen LogP contribution in [-0.2, 0) is 4.79 Å². The van der Waals surface area contributed by atoms with Gasteiger partial charge in [0.15, 0.2) is 0 Å². The van der Waals surface area contributed by atoms with Gasteiger partial charge in [-0.25, -0.2) is 0 Å². The summed E-state index contributed by atoms with van der Waals surface area (Å²) in [4.78, 5) is 11.8. The summed E-state index contributed by atoms with van der Waals surface area (Å²) < 4.78 is 37.8. The zero-order chi connectivity index (χ0) is 11.9. The molecule has 0 bridgehead atoms. The van der Waals surface area contributed by atoms with Gasteiger partial charge >= 0.3 is 12.1 Å². The van der Waals surface area contributed by atoms with Crippen molar-refractivity contribution < 1.29 is 23.1 Å². The standard InChI is InChI=1S/C9H14F3NO2/c1-8(2)6(9(10,11)12)3-4-13(8)5-7(14)15/h6H,3-5H2,1-2H3,(H,14,15). The molecule has 15 heavy (non-hydrogen) atoms. The molecule has 1 fully saturated rings. The van der Waals surface area contributed by atoms with Crippen molar-refractivity contribution in [1.82, 2.24) is 4.90 Å². The van der Waals surface area contributed by atoms with Crippen LogP contribution in [0.5, 0.6) is 0 Å². The van der Waals surface area contributed by atoms with Crippen LogP contribution < -0.4 is 0 Å². The Morgan fingerprint density at radius 1 is 1.53 bits per heavy atom. The van der Waals surface area contributed by atoms with Gasteiger partial charge in [0.2, 0.25) is 0 Å². The zero-order valence-corrected chi connectivity index (χ0v) is 8.64. The van der Waals surface area contributed by atoms with Crippen LogP contribution in [-0.4, -0.2) is 40.8 Å². The lowest BCUT2D eigenvalue weighted by atomic mass is 9.88. The molecule has 0 aromatic carbocycles. The van der Waals surface area contributed by atoms with E-state index in [0.717, 1.165) is 0 Å². The molecule has 0 spiro atoms. The van der Waals surface area contributed by atoms with Gasteiger partial charge in [-0.15, -0.1) is 0 Å². The molecule has 1 unspecified atom stereocenters. The third-order valence-electron chi connectivity index (χ3n) is 3.08. The Hall–Kier alpha value is -0.780. The third-order valence-corrected chi connectivity index (χ3v) is 3.08. The molecule has 0 aromatic heterocycles. The highest BCUT2D eigenvalue weighted by Crippen LogP contribution is 2.44. The number of carboxylic acids is 1. The number of aliphatic carboxylic acids is 1. The molecular formula is C9H14F3NO2. The van der Waals surface area contributed by atoms with E-state index >= 15 is 0 Å². The van der Waals surface area contributed by atoms with Crippen molar-refractivity contribution >= 4 is 5.97 Å². The van der Waals surface area contributed by atoms with Crippen LogP contribution in [0.2, 0.25) is 0 Å². The Balaban J connectivity index is 2.80. The number of likely N-dealkylation sites (tertiary alicyclic amines) is 1. The summed E-state index contributed by atoms with van der Waals surface area (Å²) in [5.41, 5.74) is -1.13. The van der Waals surface area contributed by atoms with Gasteiger partial charge in [-0.1, -0.05) is 0 Å². The molecule has 0 amide bonds. The largest absolute Gasteiger partial charge is 0.480 e. The normalized spacial score (nSPS) is 26.9. The predicted molar refractivity (Wildman–Crippen MR) is 47.4 cm³/mol. The van der Waals surface area contributed by atoms with Gasteiger partial charge in [0.25, 0.3) is 0 Å². The molecule has 0 aliphatic carbocycles. The maximum absolute atomic E-state index is 12.6. The first-order valence-electron chi connectivity index (χ1n) is 4.69. The van der Waals surface area contributed by atoms with Crippen molar-refractivity contribution in [2.24, 2.45) is 5.92 Å². The summed E-state index contributed by atoms with van der Waals surface area (Å²) in [5, 5.41) is 8.57. The minimum Gasteiger partial charge on any atom is -0.480 e. The Kier molecular flexibility index (Phi) is 3.00. The van der Waals surface area contributed by atoms with Crippen molar-refractivity contribution in [3.05, 3.63) is 0 Å². The number of carbonyl (C=O) groups is 1. The molecule has 0 aromatic rings. The van der Waals surface area contributed by atoms with Gasteiger partial charge in [0.05, 0.1) is 12.5 Å². The Labute approximate surface area is 85.9 Å². The van der Waals surface area contributed by atoms with Gasteiger partial charge in [0.1, 0.15) is 0 Å². The van der Waals surface area contributed by atoms with Crippen LogP contribution in [0.15, 0.2) is 0 Å².